The van der Waals surface area contributed by atoms with E-state index in [1.165, 1.54) is 44.3 Å². The van der Waals surface area contributed by atoms with Crippen LogP contribution in [-0.2, 0) is 0 Å². The van der Waals surface area contributed by atoms with Crippen LogP contribution in [0.4, 0.5) is 5.69 Å². The van der Waals surface area contributed by atoms with Gasteiger partial charge in [0.1, 0.15) is 22.2 Å². The van der Waals surface area contributed by atoms with Crippen molar-refractivity contribution in [2.45, 2.75) is 20.0 Å². The number of allylic oxidation sites excluding steroid dienone is 5. The van der Waals surface area contributed by atoms with Gasteiger partial charge in [-0.1, -0.05) is 19.2 Å². The second kappa shape index (κ2) is 7.46. The second-order valence-electron chi connectivity index (χ2n) is 9.16. The van der Waals surface area contributed by atoms with E-state index in [9.17, 15) is 9.90 Å². The zero-order valence-corrected chi connectivity index (χ0v) is 21.0. The Labute approximate surface area is 189 Å². The van der Waals surface area contributed by atoms with E-state index in [0.29, 0.717) is 0 Å². The Bertz CT molecular complexity index is 1240. The van der Waals surface area contributed by atoms with Crippen LogP contribution in [0, 0.1) is 6.92 Å². The van der Waals surface area contributed by atoms with Gasteiger partial charge in [-0.25, -0.2) is 4.58 Å². The number of benzene rings is 1. The maximum absolute atomic E-state index is 11.6. The van der Waals surface area contributed by atoms with Crippen molar-refractivity contribution in [1.82, 2.24) is 0 Å². The average Bonchev–Trinajstić information content (AvgIpc) is 3.09. The lowest BCUT2D eigenvalue weighted by molar-refractivity contribution is -0.462. The number of hydrogen-bond donors (Lipinski definition) is 0. The van der Waals surface area contributed by atoms with Crippen LogP contribution < -0.4 is 15.2 Å². The number of hydrogen-bond acceptors (Lipinski definition) is 4. The predicted molar refractivity (Wildman–Crippen MR) is 132 cm³/mol. The van der Waals surface area contributed by atoms with Crippen LogP contribution in [0.3, 0.4) is 0 Å². The van der Waals surface area contributed by atoms with Gasteiger partial charge in [0, 0.05) is 42.4 Å². The first-order valence-corrected chi connectivity index (χ1v) is 14.2. The van der Waals surface area contributed by atoms with Crippen LogP contribution in [0.5, 0.6) is 0 Å². The maximum atomic E-state index is 11.6. The van der Waals surface area contributed by atoms with Gasteiger partial charge in [0.2, 0.25) is 0 Å². The fourth-order valence-corrected chi connectivity index (χ4v) is 8.61. The normalized spacial score (nSPS) is 16.6. The Morgan fingerprint density at radius 2 is 1.84 bits per heavy atom. The topological polar surface area (TPSA) is 46.4 Å². The molecule has 160 valence electrons. The highest BCUT2D eigenvalue weighted by Crippen LogP contribution is 2.44. The molecule has 31 heavy (non-hydrogen) atoms. The summed E-state index contributed by atoms with van der Waals surface area (Å²) in [6.45, 7) is 6.81. The molecule has 2 aromatic rings. The predicted octanol–water partition coefficient (Wildman–Crippen LogP) is 2.97. The van der Waals surface area contributed by atoms with Gasteiger partial charge < -0.3 is 14.8 Å². The van der Waals surface area contributed by atoms with Gasteiger partial charge in [-0.15, -0.1) is 11.3 Å². The van der Waals surface area contributed by atoms with Gasteiger partial charge in [-0.2, -0.15) is 0 Å². The van der Waals surface area contributed by atoms with Crippen molar-refractivity contribution >= 4 is 47.5 Å². The third-order valence-corrected chi connectivity index (χ3v) is 11.0. The zero-order valence-electron chi connectivity index (χ0n) is 19.2. The summed E-state index contributed by atoms with van der Waals surface area (Å²) >= 11 is 1.32. The Morgan fingerprint density at radius 3 is 2.42 bits per heavy atom. The lowest BCUT2D eigenvalue weighted by atomic mass is 9.92. The molecule has 0 bridgehead atoms. The lowest BCUT2D eigenvalue weighted by Crippen LogP contribution is -2.49. The first kappa shape index (κ1) is 21.5. The van der Waals surface area contributed by atoms with Crippen molar-refractivity contribution < 1.29 is 14.5 Å². The molecule has 0 radical (unpaired) electrons. The summed E-state index contributed by atoms with van der Waals surface area (Å²) in [5, 5.41) is 14.3. The van der Waals surface area contributed by atoms with Crippen LogP contribution in [0.15, 0.2) is 53.3 Å². The van der Waals surface area contributed by atoms with Gasteiger partial charge in [0.25, 0.3) is 0 Å². The number of carbonyl (C=O) groups excluding carboxylic acids is 1. The molecular weight excluding hydrogens is 420 g/mol. The Hall–Kier alpha value is -2.70. The van der Waals surface area contributed by atoms with Crippen molar-refractivity contribution in [2.24, 2.45) is 0 Å². The highest BCUT2D eigenvalue weighted by atomic mass is 32.1. The fraction of sp³-hybridized carbons (Fsp3) is 0.280. The molecule has 0 unspecified atom stereocenters. The number of aromatic carboxylic acids is 1. The molecule has 0 saturated carbocycles. The summed E-state index contributed by atoms with van der Waals surface area (Å²) in [6, 6.07) is 8.44. The van der Waals surface area contributed by atoms with E-state index in [1.807, 2.05) is 6.92 Å². The monoisotopic (exact) mass is 448 g/mol. The van der Waals surface area contributed by atoms with E-state index < -0.39 is 14.0 Å². The highest BCUT2D eigenvalue weighted by Gasteiger charge is 2.41. The number of thiophene rings is 1. The van der Waals surface area contributed by atoms with Gasteiger partial charge >= 0.3 is 0 Å². The Morgan fingerprint density at radius 1 is 1.13 bits per heavy atom. The molecule has 1 aliphatic carbocycles. The second-order valence-corrected chi connectivity index (χ2v) is 14.5. The van der Waals surface area contributed by atoms with E-state index in [-0.39, 0.29) is 4.88 Å². The number of anilines is 1. The molecule has 4 rings (SSSR count). The van der Waals surface area contributed by atoms with Gasteiger partial charge in [0.05, 0.1) is 10.8 Å². The third kappa shape index (κ3) is 3.44. The van der Waals surface area contributed by atoms with Crippen LogP contribution in [0.1, 0.15) is 25.7 Å². The minimum atomic E-state index is -1.99. The van der Waals surface area contributed by atoms with Crippen molar-refractivity contribution in [3.63, 3.8) is 0 Å². The molecule has 0 amide bonds. The van der Waals surface area contributed by atoms with E-state index in [1.54, 1.807) is 6.07 Å². The molecule has 0 N–H and O–H groups in total. The van der Waals surface area contributed by atoms with Crippen molar-refractivity contribution in [2.75, 3.05) is 33.1 Å². The number of nitrogens with zero attached hydrogens (tertiary/aromatic N) is 2. The Kier molecular flexibility index (Phi) is 5.18. The number of fused-ring (bicyclic) bond motifs is 2. The summed E-state index contributed by atoms with van der Waals surface area (Å²) in [7, 11) is 6.28. The lowest BCUT2D eigenvalue weighted by Gasteiger charge is -2.38. The molecule has 1 aliphatic heterocycles. The molecule has 2 heterocycles. The van der Waals surface area contributed by atoms with E-state index in [2.05, 4.69) is 87.2 Å². The van der Waals surface area contributed by atoms with Gasteiger partial charge in [-0.3, -0.25) is 0 Å². The molecule has 2 aliphatic rings. The number of aryl methyl sites for hydroxylation is 1. The first-order chi connectivity index (χ1) is 14.5. The molecule has 1 aromatic heterocycles. The largest absolute Gasteiger partial charge is 0.544 e. The summed E-state index contributed by atoms with van der Waals surface area (Å²) in [5.74, 6) is -1.11. The quantitative estimate of drug-likeness (QED) is 0.536. The van der Waals surface area contributed by atoms with Crippen LogP contribution in [0.25, 0.3) is 5.57 Å². The minimum absolute atomic E-state index is 0.278. The molecule has 0 saturated heterocycles. The third-order valence-electron chi connectivity index (χ3n) is 6.27. The zero-order chi connectivity index (χ0) is 22.7. The summed E-state index contributed by atoms with van der Waals surface area (Å²) in [4.78, 5) is 15.0. The van der Waals surface area contributed by atoms with E-state index in [4.69, 9.17) is 0 Å². The standard InChI is InChI=1S/C25H28N2O2SSi/c1-15-12-20(25(28)29)30-24(15)23-18-10-8-16(26(2)3)13-21(18)31(6,7)22-14-17(27(4)5)9-11-19(22)23/h8-14H,1-7H3. The summed E-state index contributed by atoms with van der Waals surface area (Å²) in [6.07, 6.45) is 6.70. The number of carbonyl (C=O) groups is 1. The van der Waals surface area contributed by atoms with E-state index >= 15 is 0 Å². The van der Waals surface area contributed by atoms with Crippen molar-refractivity contribution in [1.29, 1.82) is 0 Å². The Balaban J connectivity index is 2.10. The summed E-state index contributed by atoms with van der Waals surface area (Å²) < 4.78 is 2.14. The van der Waals surface area contributed by atoms with Crippen LogP contribution in [-0.4, -0.2) is 52.5 Å². The highest BCUT2D eigenvalue weighted by molar-refractivity contribution is 7.15. The average molecular weight is 449 g/mol. The van der Waals surface area contributed by atoms with Crippen molar-refractivity contribution in [3.05, 3.63) is 74.1 Å². The molecule has 0 fully saturated rings. The molecule has 0 atom stereocenters. The number of rotatable bonds is 3. The summed E-state index contributed by atoms with van der Waals surface area (Å²) in [5.41, 5.74) is 6.94. The van der Waals surface area contributed by atoms with Crippen molar-refractivity contribution in [3.8, 4) is 0 Å². The molecule has 6 heteroatoms. The van der Waals surface area contributed by atoms with Crippen LogP contribution in [0.2, 0.25) is 13.1 Å². The van der Waals surface area contributed by atoms with Crippen LogP contribution >= 0.6 is 11.3 Å². The van der Waals surface area contributed by atoms with E-state index in [0.717, 1.165) is 16.0 Å². The minimum Gasteiger partial charge on any atom is -0.544 e. The van der Waals surface area contributed by atoms with Gasteiger partial charge in [0.15, 0.2) is 5.71 Å². The smallest absolute Gasteiger partial charge is 0.199 e. The maximum Gasteiger partial charge on any atom is 0.199 e. The molecule has 0 spiro atoms. The molecule has 1 aromatic carbocycles. The molecular formula is C25H28N2O2SSi. The molecule has 4 nitrogen and oxygen atoms in total. The van der Waals surface area contributed by atoms with Gasteiger partial charge in [-0.05, 0) is 58.3 Å². The fourth-order valence-electron chi connectivity index (χ4n) is 4.46. The number of carboxylic acid groups (broad SMARTS) is 1. The SMILES string of the molecule is Cc1cc(C(=O)[O-])sc1C1=C2C=CC(=[N+](C)C)C=C2[Si](C)(C)c2cc(N(C)C)ccc21. The first-order valence-electron chi connectivity index (χ1n) is 10.4. The number of carboxylic acids is 1.